The molecular formula is C10H11N5O3. The van der Waals surface area contributed by atoms with Crippen LogP contribution in [0.2, 0.25) is 0 Å². The van der Waals surface area contributed by atoms with Gasteiger partial charge in [-0.05, 0) is 12.1 Å². The van der Waals surface area contributed by atoms with Gasteiger partial charge in [0.2, 0.25) is 5.95 Å². The lowest BCUT2D eigenvalue weighted by Crippen LogP contribution is -2.17. The molecule has 2 aromatic rings. The molecule has 8 nitrogen and oxygen atoms in total. The van der Waals surface area contributed by atoms with E-state index in [9.17, 15) is 4.79 Å². The van der Waals surface area contributed by atoms with Gasteiger partial charge in [0, 0.05) is 6.20 Å². The van der Waals surface area contributed by atoms with Crippen LogP contribution in [0.4, 0.5) is 0 Å². The molecule has 1 amide bonds. The first-order valence-electron chi connectivity index (χ1n) is 4.97. The molecule has 94 valence electrons. The second kappa shape index (κ2) is 4.70. The lowest BCUT2D eigenvalue weighted by atomic mass is 10.4. The summed E-state index contributed by atoms with van der Waals surface area (Å²) in [5.41, 5.74) is 5.50. The Kier molecular flexibility index (Phi) is 3.09. The fourth-order valence-corrected chi connectivity index (χ4v) is 1.37. The van der Waals surface area contributed by atoms with Gasteiger partial charge < -0.3 is 15.2 Å². The summed E-state index contributed by atoms with van der Waals surface area (Å²) in [6.07, 6.45) is 1.61. The number of primary amides is 1. The molecule has 0 saturated heterocycles. The number of aromatic nitrogens is 4. The molecule has 2 heterocycles. The van der Waals surface area contributed by atoms with Crippen LogP contribution in [0.1, 0.15) is 10.5 Å². The van der Waals surface area contributed by atoms with Gasteiger partial charge in [0.25, 0.3) is 5.91 Å². The number of carbonyl (C=O) groups excluding carboxylic acids is 1. The maximum atomic E-state index is 11.2. The van der Waals surface area contributed by atoms with Gasteiger partial charge in [0.1, 0.15) is 5.69 Å². The summed E-state index contributed by atoms with van der Waals surface area (Å²) in [5, 5.41) is 0. The minimum atomic E-state index is -0.585. The number of nitrogens with zero attached hydrogens (tertiary/aromatic N) is 4. The van der Waals surface area contributed by atoms with Crippen LogP contribution in [-0.4, -0.2) is 39.6 Å². The highest BCUT2D eigenvalue weighted by Crippen LogP contribution is 2.14. The minimum absolute atomic E-state index is 0.0842. The number of nitrogens with two attached hydrogens (primary N) is 1. The maximum Gasteiger partial charge on any atom is 0.324 e. The third-order valence-electron chi connectivity index (χ3n) is 2.16. The zero-order chi connectivity index (χ0) is 13.1. The van der Waals surface area contributed by atoms with E-state index in [1.165, 1.54) is 18.8 Å². The average Bonchev–Trinajstić information content (AvgIpc) is 2.87. The quantitative estimate of drug-likeness (QED) is 0.802. The smallest absolute Gasteiger partial charge is 0.324 e. The molecule has 0 radical (unpaired) electrons. The van der Waals surface area contributed by atoms with Crippen LogP contribution >= 0.6 is 0 Å². The summed E-state index contributed by atoms with van der Waals surface area (Å²) in [7, 11) is 2.84. The Morgan fingerprint density at radius 2 is 1.83 bits per heavy atom. The van der Waals surface area contributed by atoms with Gasteiger partial charge >= 0.3 is 12.0 Å². The monoisotopic (exact) mass is 249 g/mol. The van der Waals surface area contributed by atoms with Gasteiger partial charge in [0.05, 0.1) is 14.2 Å². The number of hydrogen-bond acceptors (Lipinski definition) is 6. The van der Waals surface area contributed by atoms with Crippen molar-refractivity contribution in [3.05, 3.63) is 24.0 Å². The summed E-state index contributed by atoms with van der Waals surface area (Å²) in [6, 6.07) is 3.38. The van der Waals surface area contributed by atoms with Gasteiger partial charge in [-0.15, -0.1) is 4.98 Å². The van der Waals surface area contributed by atoms with E-state index in [1.54, 1.807) is 18.3 Å². The van der Waals surface area contributed by atoms with E-state index in [1.807, 2.05) is 0 Å². The van der Waals surface area contributed by atoms with E-state index < -0.39 is 5.91 Å². The molecule has 0 spiro atoms. The van der Waals surface area contributed by atoms with E-state index in [4.69, 9.17) is 15.2 Å². The largest absolute Gasteiger partial charge is 0.467 e. The second-order valence-corrected chi connectivity index (χ2v) is 3.24. The van der Waals surface area contributed by atoms with Gasteiger partial charge in [-0.25, -0.2) is 0 Å². The molecule has 8 heteroatoms. The summed E-state index contributed by atoms with van der Waals surface area (Å²) in [5.74, 6) is -0.393. The van der Waals surface area contributed by atoms with Crippen LogP contribution < -0.4 is 15.2 Å². The standard InChI is InChI=1S/C10H11N5O3/c1-17-9-12-8(13-10(14-9)18-2)15-5-3-4-6(15)7(11)16/h3-5H,1-2H3,(H2,11,16). The summed E-state index contributed by atoms with van der Waals surface area (Å²) in [4.78, 5) is 23.1. The Bertz CT molecular complexity index is 558. The maximum absolute atomic E-state index is 11.2. The number of methoxy groups -OCH3 is 2. The van der Waals surface area contributed by atoms with Gasteiger partial charge in [-0.1, -0.05) is 0 Å². The molecule has 18 heavy (non-hydrogen) atoms. The first-order valence-corrected chi connectivity index (χ1v) is 4.97. The van der Waals surface area contributed by atoms with Crippen molar-refractivity contribution in [2.45, 2.75) is 0 Å². The highest BCUT2D eigenvalue weighted by molar-refractivity contribution is 5.91. The van der Waals surface area contributed by atoms with E-state index in [0.717, 1.165) is 0 Å². The third kappa shape index (κ3) is 2.08. The fourth-order valence-electron chi connectivity index (χ4n) is 1.37. The van der Waals surface area contributed by atoms with Crippen molar-refractivity contribution in [2.24, 2.45) is 5.73 Å². The van der Waals surface area contributed by atoms with Crippen LogP contribution in [0, 0.1) is 0 Å². The predicted octanol–water partition coefficient (Wildman–Crippen LogP) is -0.222. The van der Waals surface area contributed by atoms with Crippen molar-refractivity contribution in [1.29, 1.82) is 0 Å². The molecule has 2 N–H and O–H groups in total. The highest BCUT2D eigenvalue weighted by Gasteiger charge is 2.13. The van der Waals surface area contributed by atoms with Crippen molar-refractivity contribution in [3.8, 4) is 18.0 Å². The lowest BCUT2D eigenvalue weighted by Gasteiger charge is -2.07. The molecule has 0 aliphatic heterocycles. The van der Waals surface area contributed by atoms with Crippen molar-refractivity contribution in [3.63, 3.8) is 0 Å². The van der Waals surface area contributed by atoms with Crippen LogP contribution in [0.5, 0.6) is 12.0 Å². The zero-order valence-corrected chi connectivity index (χ0v) is 9.82. The second-order valence-electron chi connectivity index (χ2n) is 3.24. The molecule has 0 atom stereocenters. The summed E-state index contributed by atoms with van der Waals surface area (Å²) in [6.45, 7) is 0. The molecule has 0 fully saturated rings. The van der Waals surface area contributed by atoms with E-state index in [0.29, 0.717) is 0 Å². The van der Waals surface area contributed by atoms with E-state index in [2.05, 4.69) is 15.0 Å². The normalized spacial score (nSPS) is 10.1. The molecule has 0 aliphatic rings. The molecule has 0 aliphatic carbocycles. The Morgan fingerprint density at radius 3 is 2.33 bits per heavy atom. The Hall–Kier alpha value is -2.64. The number of amides is 1. The summed E-state index contributed by atoms with van der Waals surface area (Å²) < 4.78 is 11.3. The van der Waals surface area contributed by atoms with Gasteiger partial charge in [-0.3, -0.25) is 9.36 Å². The van der Waals surface area contributed by atoms with Crippen molar-refractivity contribution >= 4 is 5.91 Å². The minimum Gasteiger partial charge on any atom is -0.467 e. The molecule has 2 aromatic heterocycles. The van der Waals surface area contributed by atoms with Gasteiger partial charge in [-0.2, -0.15) is 9.97 Å². The number of carbonyl (C=O) groups is 1. The molecule has 0 aromatic carbocycles. The summed E-state index contributed by atoms with van der Waals surface area (Å²) >= 11 is 0. The molecule has 2 rings (SSSR count). The van der Waals surface area contributed by atoms with E-state index >= 15 is 0 Å². The third-order valence-corrected chi connectivity index (χ3v) is 2.16. The Labute approximate surface area is 102 Å². The average molecular weight is 249 g/mol. The van der Waals surface area contributed by atoms with Crippen LogP contribution in [0.25, 0.3) is 5.95 Å². The highest BCUT2D eigenvalue weighted by atomic mass is 16.5. The lowest BCUT2D eigenvalue weighted by molar-refractivity contribution is 0.0993. The van der Waals surface area contributed by atoms with Crippen molar-refractivity contribution < 1.29 is 14.3 Å². The van der Waals surface area contributed by atoms with Crippen molar-refractivity contribution in [2.75, 3.05) is 14.2 Å². The number of hydrogen-bond donors (Lipinski definition) is 1. The van der Waals surface area contributed by atoms with Crippen LogP contribution in [-0.2, 0) is 0 Å². The Balaban J connectivity index is 2.55. The number of ether oxygens (including phenoxy) is 2. The zero-order valence-electron chi connectivity index (χ0n) is 9.82. The topological polar surface area (TPSA) is 105 Å². The van der Waals surface area contributed by atoms with Crippen LogP contribution in [0.15, 0.2) is 18.3 Å². The number of rotatable bonds is 4. The van der Waals surface area contributed by atoms with E-state index in [-0.39, 0.29) is 23.7 Å². The van der Waals surface area contributed by atoms with Crippen LogP contribution in [0.3, 0.4) is 0 Å². The molecule has 0 saturated carbocycles. The molecule has 0 bridgehead atoms. The first kappa shape index (κ1) is 11.8. The van der Waals surface area contributed by atoms with Gasteiger partial charge in [0.15, 0.2) is 0 Å². The van der Waals surface area contributed by atoms with Crippen molar-refractivity contribution in [1.82, 2.24) is 19.5 Å². The Morgan fingerprint density at radius 1 is 1.22 bits per heavy atom. The first-order chi connectivity index (χ1) is 8.65. The molecular weight excluding hydrogens is 238 g/mol. The SMILES string of the molecule is COc1nc(OC)nc(-n2cccc2C(N)=O)n1. The fraction of sp³-hybridized carbons (Fsp3) is 0.200. The predicted molar refractivity (Wildman–Crippen MR) is 60.8 cm³/mol. The molecule has 0 unspecified atom stereocenters.